The second-order valence-electron chi connectivity index (χ2n) is 4.28. The summed E-state index contributed by atoms with van der Waals surface area (Å²) < 4.78 is 1.64. The molecule has 0 N–H and O–H groups in total. The summed E-state index contributed by atoms with van der Waals surface area (Å²) in [5.74, 6) is 0. The number of unbranched alkanes of at least 4 members (excludes halogenated alkanes) is 2. The molecule has 0 bridgehead atoms. The molecule has 0 spiro atoms. The van der Waals surface area contributed by atoms with Crippen molar-refractivity contribution in [3.8, 4) is 0 Å². The molecule has 0 aliphatic carbocycles. The maximum Gasteiger partial charge on any atom is 0.263 e. The van der Waals surface area contributed by atoms with Crippen molar-refractivity contribution in [1.82, 2.24) is 4.57 Å². The van der Waals surface area contributed by atoms with Crippen LogP contribution in [-0.4, -0.2) is 9.81 Å². The second-order valence-corrected chi connectivity index (χ2v) is 4.62. The summed E-state index contributed by atoms with van der Waals surface area (Å²) in [7, 11) is 0. The fraction of sp³-hybridized carbons (Fsp3) is 0.538. The summed E-state index contributed by atoms with van der Waals surface area (Å²) in [5, 5.41) is -0.670. The molecule has 1 aromatic rings. The average Bonchev–Trinajstić information content (AvgIpc) is 2.21. The van der Waals surface area contributed by atoms with Crippen molar-refractivity contribution < 1.29 is 4.79 Å². The van der Waals surface area contributed by atoms with Crippen LogP contribution in [0, 0.1) is 13.8 Å². The van der Waals surface area contributed by atoms with Crippen LogP contribution in [0.2, 0.25) is 0 Å². The van der Waals surface area contributed by atoms with Crippen molar-refractivity contribution in [3.63, 3.8) is 0 Å². The Hall–Kier alpha value is -1.09. The quantitative estimate of drug-likeness (QED) is 0.599. The van der Waals surface area contributed by atoms with Crippen LogP contribution in [0.1, 0.15) is 47.8 Å². The Morgan fingerprint density at radius 3 is 2.53 bits per heavy atom. The van der Waals surface area contributed by atoms with E-state index in [1.165, 1.54) is 0 Å². The lowest BCUT2D eigenvalue weighted by atomic mass is 10.1. The molecule has 0 saturated heterocycles. The molecule has 0 atom stereocenters. The molecule has 0 aliphatic rings. The number of aromatic nitrogens is 1. The van der Waals surface area contributed by atoms with Gasteiger partial charge in [0.25, 0.3) is 10.8 Å². The van der Waals surface area contributed by atoms with Gasteiger partial charge in [-0.1, -0.05) is 19.8 Å². The largest absolute Gasteiger partial charge is 0.312 e. The highest BCUT2D eigenvalue weighted by atomic mass is 35.5. The minimum atomic E-state index is -0.670. The molecule has 0 fully saturated rings. The number of carbonyl (C=O) groups is 1. The van der Waals surface area contributed by atoms with Gasteiger partial charge in [-0.2, -0.15) is 0 Å². The fourth-order valence-corrected chi connectivity index (χ4v) is 2.19. The molecule has 0 aliphatic heterocycles. The van der Waals surface area contributed by atoms with Gasteiger partial charge < -0.3 is 4.57 Å². The summed E-state index contributed by atoms with van der Waals surface area (Å²) in [6.45, 7) is 6.37. The molecule has 1 heterocycles. The number of carbonyl (C=O) groups excluding carboxylic acids is 1. The topological polar surface area (TPSA) is 39.1 Å². The SMILES string of the molecule is CCCCCn1c(C)cc(C)c(C(=O)Cl)c1=O. The van der Waals surface area contributed by atoms with Crippen LogP contribution in [-0.2, 0) is 6.54 Å². The molecule has 1 rings (SSSR count). The number of rotatable bonds is 5. The zero-order chi connectivity index (χ0) is 13.0. The minimum absolute atomic E-state index is 0.105. The van der Waals surface area contributed by atoms with Gasteiger partial charge in [0.1, 0.15) is 5.56 Å². The van der Waals surface area contributed by atoms with E-state index in [0.717, 1.165) is 25.0 Å². The van der Waals surface area contributed by atoms with Gasteiger partial charge >= 0.3 is 0 Å². The number of nitrogens with zero attached hydrogens (tertiary/aromatic N) is 1. The van der Waals surface area contributed by atoms with E-state index in [9.17, 15) is 9.59 Å². The first-order chi connectivity index (χ1) is 7.99. The van der Waals surface area contributed by atoms with Crippen molar-refractivity contribution in [3.05, 3.63) is 33.2 Å². The van der Waals surface area contributed by atoms with Crippen LogP contribution >= 0.6 is 11.6 Å². The molecule has 0 unspecified atom stereocenters. The third-order valence-electron chi connectivity index (χ3n) is 2.89. The summed E-state index contributed by atoms with van der Waals surface area (Å²) in [6, 6.07) is 1.84. The Morgan fingerprint density at radius 2 is 2.00 bits per heavy atom. The first-order valence-corrected chi connectivity index (χ1v) is 6.27. The highest BCUT2D eigenvalue weighted by molar-refractivity contribution is 6.67. The Labute approximate surface area is 106 Å². The number of hydrogen-bond acceptors (Lipinski definition) is 2. The predicted octanol–water partition coefficient (Wildman–Crippen LogP) is 3.03. The van der Waals surface area contributed by atoms with Crippen molar-refractivity contribution in [1.29, 1.82) is 0 Å². The minimum Gasteiger partial charge on any atom is -0.312 e. The standard InChI is InChI=1S/C13H18ClNO2/c1-4-5-6-7-15-10(3)8-9(2)11(12(14)16)13(15)17/h8H,4-7H2,1-3H3. The van der Waals surface area contributed by atoms with E-state index in [4.69, 9.17) is 11.6 Å². The maximum absolute atomic E-state index is 12.1. The van der Waals surface area contributed by atoms with Crippen LogP contribution in [0.4, 0.5) is 0 Å². The molecule has 0 radical (unpaired) electrons. The van der Waals surface area contributed by atoms with Crippen LogP contribution in [0.25, 0.3) is 0 Å². The van der Waals surface area contributed by atoms with E-state index in [0.29, 0.717) is 12.1 Å². The van der Waals surface area contributed by atoms with Gasteiger partial charge in [-0.05, 0) is 43.5 Å². The highest BCUT2D eigenvalue weighted by Gasteiger charge is 2.15. The van der Waals surface area contributed by atoms with Crippen LogP contribution in [0.15, 0.2) is 10.9 Å². The number of halogens is 1. The molecule has 0 aromatic carbocycles. The van der Waals surface area contributed by atoms with E-state index in [1.54, 1.807) is 11.5 Å². The van der Waals surface area contributed by atoms with Crippen molar-refractivity contribution in [2.24, 2.45) is 0 Å². The fourth-order valence-electron chi connectivity index (χ4n) is 1.96. The normalized spacial score (nSPS) is 10.6. The summed E-state index contributed by atoms with van der Waals surface area (Å²) in [5.41, 5.74) is 1.37. The molecule has 17 heavy (non-hydrogen) atoms. The van der Waals surface area contributed by atoms with Crippen LogP contribution < -0.4 is 5.56 Å². The lowest BCUT2D eigenvalue weighted by Gasteiger charge is -2.12. The van der Waals surface area contributed by atoms with Gasteiger partial charge in [-0.15, -0.1) is 0 Å². The van der Waals surface area contributed by atoms with Crippen molar-refractivity contribution in [2.75, 3.05) is 0 Å². The van der Waals surface area contributed by atoms with Gasteiger partial charge in [-0.25, -0.2) is 0 Å². The second kappa shape index (κ2) is 6.01. The number of hydrogen-bond donors (Lipinski definition) is 0. The molecular formula is C13H18ClNO2. The van der Waals surface area contributed by atoms with E-state index in [2.05, 4.69) is 6.92 Å². The van der Waals surface area contributed by atoms with E-state index in [-0.39, 0.29) is 11.1 Å². The van der Waals surface area contributed by atoms with Gasteiger partial charge in [0, 0.05) is 12.2 Å². The molecule has 94 valence electrons. The van der Waals surface area contributed by atoms with E-state index >= 15 is 0 Å². The summed E-state index contributed by atoms with van der Waals surface area (Å²) >= 11 is 5.45. The molecule has 1 aromatic heterocycles. The van der Waals surface area contributed by atoms with Crippen molar-refractivity contribution >= 4 is 16.8 Å². The van der Waals surface area contributed by atoms with Crippen molar-refractivity contribution in [2.45, 2.75) is 46.6 Å². The summed E-state index contributed by atoms with van der Waals surface area (Å²) in [6.07, 6.45) is 3.11. The zero-order valence-electron chi connectivity index (χ0n) is 10.5. The first kappa shape index (κ1) is 14.0. The Balaban J connectivity index is 3.17. The third kappa shape index (κ3) is 3.19. The average molecular weight is 256 g/mol. The first-order valence-electron chi connectivity index (χ1n) is 5.90. The van der Waals surface area contributed by atoms with Gasteiger partial charge in [0.05, 0.1) is 0 Å². The highest BCUT2D eigenvalue weighted by Crippen LogP contribution is 2.10. The lowest BCUT2D eigenvalue weighted by molar-refractivity contribution is 0.107. The number of aryl methyl sites for hydroxylation is 2. The van der Waals surface area contributed by atoms with Crippen LogP contribution in [0.3, 0.4) is 0 Å². The predicted molar refractivity (Wildman–Crippen MR) is 69.9 cm³/mol. The maximum atomic E-state index is 12.1. The smallest absolute Gasteiger partial charge is 0.263 e. The molecule has 0 amide bonds. The van der Waals surface area contributed by atoms with E-state index in [1.807, 2.05) is 13.0 Å². The van der Waals surface area contributed by atoms with E-state index < -0.39 is 5.24 Å². The third-order valence-corrected chi connectivity index (χ3v) is 3.08. The van der Waals surface area contributed by atoms with Crippen LogP contribution in [0.5, 0.6) is 0 Å². The van der Waals surface area contributed by atoms with Gasteiger partial charge in [0.2, 0.25) is 0 Å². The Bertz CT molecular complexity index is 477. The monoisotopic (exact) mass is 255 g/mol. The van der Waals surface area contributed by atoms with Gasteiger partial charge in [0.15, 0.2) is 0 Å². The Kier molecular flexibility index (Phi) is 4.94. The molecular weight excluding hydrogens is 238 g/mol. The summed E-state index contributed by atoms with van der Waals surface area (Å²) in [4.78, 5) is 23.3. The number of pyridine rings is 1. The van der Waals surface area contributed by atoms with Gasteiger partial charge in [-0.3, -0.25) is 9.59 Å². The molecule has 0 saturated carbocycles. The Morgan fingerprint density at radius 1 is 1.35 bits per heavy atom. The zero-order valence-corrected chi connectivity index (χ0v) is 11.3. The molecule has 4 heteroatoms. The molecule has 3 nitrogen and oxygen atoms in total. The lowest BCUT2D eigenvalue weighted by Crippen LogP contribution is -2.28.